The zero-order valence-electron chi connectivity index (χ0n) is 20.6. The first-order valence-electron chi connectivity index (χ1n) is 13.0. The van der Waals surface area contributed by atoms with E-state index in [2.05, 4.69) is 31.0 Å². The van der Waals surface area contributed by atoms with Crippen LogP contribution in [0.1, 0.15) is 77.4 Å². The van der Waals surface area contributed by atoms with Gasteiger partial charge in [0, 0.05) is 25.6 Å². The molecule has 1 aromatic carbocycles. The van der Waals surface area contributed by atoms with Crippen LogP contribution in [-0.4, -0.2) is 41.0 Å². The van der Waals surface area contributed by atoms with Gasteiger partial charge in [-0.2, -0.15) is 0 Å². The molecule has 1 saturated heterocycles. The number of benzene rings is 1. The molecule has 3 saturated carbocycles. The number of nitrogens with zero attached hydrogens (tertiary/aromatic N) is 1. The molecule has 5 heteroatoms. The Morgan fingerprint density at radius 2 is 1.82 bits per heavy atom. The van der Waals surface area contributed by atoms with E-state index in [1.807, 2.05) is 37.4 Å². The highest BCUT2D eigenvalue weighted by molar-refractivity contribution is 5.82. The molecule has 2 N–H and O–H groups in total. The lowest BCUT2D eigenvalue weighted by atomic mass is 9.47. The average molecular weight is 453 g/mol. The van der Waals surface area contributed by atoms with Crippen LogP contribution in [-0.2, 0) is 9.59 Å². The van der Waals surface area contributed by atoms with Crippen molar-refractivity contribution < 1.29 is 14.7 Å². The Morgan fingerprint density at radius 3 is 2.55 bits per heavy atom. The number of nitrogens with one attached hydrogen (secondary N) is 1. The number of likely N-dealkylation sites (tertiary alicyclic amines) is 1. The predicted molar refractivity (Wildman–Crippen MR) is 128 cm³/mol. The summed E-state index contributed by atoms with van der Waals surface area (Å²) < 4.78 is 0. The number of aliphatic hydroxyl groups is 1. The maximum Gasteiger partial charge on any atom is 0.253 e. The van der Waals surface area contributed by atoms with Crippen LogP contribution in [0.25, 0.3) is 0 Å². The molecule has 0 unspecified atom stereocenters. The first-order chi connectivity index (χ1) is 15.7. The molecule has 4 fully saturated rings. The van der Waals surface area contributed by atoms with Crippen LogP contribution in [0.4, 0.5) is 0 Å². The molecule has 3 aliphatic carbocycles. The second-order valence-electron chi connectivity index (χ2n) is 12.0. The minimum absolute atomic E-state index is 0.0617. The van der Waals surface area contributed by atoms with Crippen molar-refractivity contribution in [2.24, 2.45) is 34.5 Å². The van der Waals surface area contributed by atoms with Crippen molar-refractivity contribution in [1.82, 2.24) is 10.2 Å². The largest absolute Gasteiger partial charge is 0.378 e. The van der Waals surface area contributed by atoms with Crippen molar-refractivity contribution in [3.63, 3.8) is 0 Å². The van der Waals surface area contributed by atoms with Crippen molar-refractivity contribution in [1.29, 1.82) is 0 Å². The summed E-state index contributed by atoms with van der Waals surface area (Å²) in [6.07, 6.45) is 6.28. The monoisotopic (exact) mass is 452 g/mol. The fourth-order valence-electron chi connectivity index (χ4n) is 8.84. The summed E-state index contributed by atoms with van der Waals surface area (Å²) in [5, 5.41) is 14.0. The molecule has 33 heavy (non-hydrogen) atoms. The number of fused-ring (bicyclic) bond motifs is 5. The lowest BCUT2D eigenvalue weighted by Crippen LogP contribution is -2.62. The number of aliphatic hydroxyl groups excluding tert-OH is 1. The number of hydrogen-bond donors (Lipinski definition) is 2. The first-order valence-corrected chi connectivity index (χ1v) is 13.0. The summed E-state index contributed by atoms with van der Waals surface area (Å²) in [4.78, 5) is 27.5. The van der Waals surface area contributed by atoms with E-state index in [4.69, 9.17) is 0 Å². The van der Waals surface area contributed by atoms with Crippen LogP contribution in [0.3, 0.4) is 0 Å². The minimum Gasteiger partial charge on any atom is -0.378 e. The molecule has 2 amide bonds. The van der Waals surface area contributed by atoms with Gasteiger partial charge in [-0.3, -0.25) is 9.59 Å². The summed E-state index contributed by atoms with van der Waals surface area (Å²) in [6.45, 7) is 7.12. The first kappa shape index (κ1) is 22.9. The number of hydrogen-bond acceptors (Lipinski definition) is 3. The lowest BCUT2D eigenvalue weighted by molar-refractivity contribution is -0.157. The van der Waals surface area contributed by atoms with Gasteiger partial charge in [0.15, 0.2) is 6.10 Å². The van der Waals surface area contributed by atoms with Crippen LogP contribution in [0.2, 0.25) is 0 Å². The maximum atomic E-state index is 13.1. The zero-order chi connectivity index (χ0) is 23.5. The van der Waals surface area contributed by atoms with E-state index in [0.717, 1.165) is 25.7 Å². The smallest absolute Gasteiger partial charge is 0.253 e. The van der Waals surface area contributed by atoms with E-state index in [1.165, 1.54) is 12.8 Å². The molecule has 180 valence electrons. The number of carbonyl (C=O) groups excluding carboxylic acids is 2. The van der Waals surface area contributed by atoms with Gasteiger partial charge in [-0.1, -0.05) is 51.1 Å². The number of rotatable bonds is 3. The third-order valence-corrected chi connectivity index (χ3v) is 10.6. The molecular formula is C28H40N2O3. The van der Waals surface area contributed by atoms with Crippen molar-refractivity contribution in [2.75, 3.05) is 7.05 Å². The number of amides is 2. The van der Waals surface area contributed by atoms with Crippen molar-refractivity contribution in [3.05, 3.63) is 35.9 Å². The molecule has 5 nitrogen and oxygen atoms in total. The van der Waals surface area contributed by atoms with Crippen LogP contribution in [0.15, 0.2) is 30.3 Å². The second-order valence-corrected chi connectivity index (χ2v) is 12.0. The van der Waals surface area contributed by atoms with E-state index in [1.54, 1.807) is 0 Å². The molecule has 1 heterocycles. The van der Waals surface area contributed by atoms with Crippen molar-refractivity contribution in [2.45, 2.75) is 83.9 Å². The SMILES string of the molecule is C[C@H]1C[C@H]2[C@@H]3CC[C@H]4N(C)C(=O)CC[C@]4(C)[C@H]3CC[C@]2(C)[C@H]1NC(=O)[C@@H](O)c1ccccc1. The average Bonchev–Trinajstić information content (AvgIpc) is 3.06. The van der Waals surface area contributed by atoms with Gasteiger partial charge in [-0.25, -0.2) is 0 Å². The van der Waals surface area contributed by atoms with Gasteiger partial charge in [-0.05, 0) is 78.6 Å². The van der Waals surface area contributed by atoms with Gasteiger partial charge in [0.2, 0.25) is 5.91 Å². The fraction of sp³-hybridized carbons (Fsp3) is 0.714. The Balaban J connectivity index is 1.35. The Hall–Kier alpha value is -1.88. The van der Waals surface area contributed by atoms with Gasteiger partial charge < -0.3 is 15.3 Å². The Kier molecular flexibility index (Phi) is 5.63. The van der Waals surface area contributed by atoms with E-state index < -0.39 is 6.10 Å². The fourth-order valence-corrected chi connectivity index (χ4v) is 8.84. The molecule has 0 aromatic heterocycles. The highest BCUT2D eigenvalue weighted by Crippen LogP contribution is 2.65. The summed E-state index contributed by atoms with van der Waals surface area (Å²) in [6, 6.07) is 9.69. The van der Waals surface area contributed by atoms with E-state index >= 15 is 0 Å². The van der Waals surface area contributed by atoms with Gasteiger partial charge in [0.1, 0.15) is 0 Å². The predicted octanol–water partition coefficient (Wildman–Crippen LogP) is 4.31. The number of piperidine rings is 1. The molecular weight excluding hydrogens is 412 g/mol. The number of carbonyl (C=O) groups is 2. The molecule has 0 radical (unpaired) electrons. The van der Waals surface area contributed by atoms with Crippen LogP contribution >= 0.6 is 0 Å². The Morgan fingerprint density at radius 1 is 1.09 bits per heavy atom. The molecule has 0 spiro atoms. The standard InChI is InChI=1S/C28H40N2O3/c1-17-16-21-19-10-11-22-27(2,15-13-23(31)30(22)4)20(19)12-14-28(21,3)25(17)29-26(33)24(32)18-8-6-5-7-9-18/h5-9,17,19-22,24-25,32H,10-16H2,1-4H3,(H,29,33)/t17-,19+,20-,21-,22+,24-,25-,27+,28-/m0/s1. The van der Waals surface area contributed by atoms with E-state index in [-0.39, 0.29) is 22.8 Å². The van der Waals surface area contributed by atoms with Crippen LogP contribution < -0.4 is 5.32 Å². The second kappa shape index (κ2) is 8.11. The van der Waals surface area contributed by atoms with Crippen LogP contribution in [0, 0.1) is 34.5 Å². The molecule has 1 aromatic rings. The molecule has 5 rings (SSSR count). The highest BCUT2D eigenvalue weighted by Gasteiger charge is 2.62. The summed E-state index contributed by atoms with van der Waals surface area (Å²) in [5.41, 5.74) is 0.918. The quantitative estimate of drug-likeness (QED) is 0.718. The molecule has 4 aliphatic rings. The molecule has 1 aliphatic heterocycles. The lowest BCUT2D eigenvalue weighted by Gasteiger charge is -2.61. The summed E-state index contributed by atoms with van der Waals surface area (Å²) >= 11 is 0. The van der Waals surface area contributed by atoms with Crippen LogP contribution in [0.5, 0.6) is 0 Å². The molecule has 9 atom stereocenters. The van der Waals surface area contributed by atoms with Crippen molar-refractivity contribution >= 4 is 11.8 Å². The Bertz CT molecular complexity index is 919. The van der Waals surface area contributed by atoms with Gasteiger partial charge in [-0.15, -0.1) is 0 Å². The van der Waals surface area contributed by atoms with Gasteiger partial charge >= 0.3 is 0 Å². The molecule has 0 bridgehead atoms. The van der Waals surface area contributed by atoms with E-state index in [9.17, 15) is 14.7 Å². The minimum atomic E-state index is -1.12. The van der Waals surface area contributed by atoms with Gasteiger partial charge in [0.05, 0.1) is 0 Å². The van der Waals surface area contributed by atoms with E-state index in [0.29, 0.717) is 47.6 Å². The summed E-state index contributed by atoms with van der Waals surface area (Å²) in [5.74, 6) is 2.34. The third kappa shape index (κ3) is 3.45. The van der Waals surface area contributed by atoms with Gasteiger partial charge in [0.25, 0.3) is 5.91 Å². The maximum absolute atomic E-state index is 13.1. The topological polar surface area (TPSA) is 69.6 Å². The Labute approximate surface area is 198 Å². The normalized spacial score (nSPS) is 43.3. The highest BCUT2D eigenvalue weighted by atomic mass is 16.3. The third-order valence-electron chi connectivity index (χ3n) is 10.6. The summed E-state index contributed by atoms with van der Waals surface area (Å²) in [7, 11) is 2.01. The zero-order valence-corrected chi connectivity index (χ0v) is 20.6. The van der Waals surface area contributed by atoms with Crippen molar-refractivity contribution in [3.8, 4) is 0 Å².